The molecule has 5 heteroatoms. The number of anilines is 1. The summed E-state index contributed by atoms with van der Waals surface area (Å²) in [4.78, 5) is 14.5. The maximum atomic E-state index is 10.9. The highest BCUT2D eigenvalue weighted by atomic mass is 16.6. The normalized spacial score (nSPS) is 17.4. The van der Waals surface area contributed by atoms with Gasteiger partial charge in [-0.15, -0.1) is 0 Å². The summed E-state index contributed by atoms with van der Waals surface area (Å²) in [6.45, 7) is 0. The molecule has 1 fully saturated rings. The smallest absolute Gasteiger partial charge is 0.311 e. The first kappa shape index (κ1) is 11.8. The molecule has 1 heterocycles. The van der Waals surface area contributed by atoms with Crippen LogP contribution in [0.2, 0.25) is 0 Å². The predicted octanol–water partition coefficient (Wildman–Crippen LogP) is 3.12. The third-order valence-corrected chi connectivity index (χ3v) is 3.18. The highest BCUT2D eigenvalue weighted by molar-refractivity contribution is 5.55. The summed E-state index contributed by atoms with van der Waals surface area (Å²) in [7, 11) is 0. The van der Waals surface area contributed by atoms with E-state index < -0.39 is 0 Å². The zero-order chi connectivity index (χ0) is 12.1. The van der Waals surface area contributed by atoms with Crippen molar-refractivity contribution in [1.29, 1.82) is 0 Å². The molecule has 0 radical (unpaired) electrons. The van der Waals surface area contributed by atoms with Crippen molar-refractivity contribution in [2.24, 2.45) is 0 Å². The van der Waals surface area contributed by atoms with Crippen molar-refractivity contribution in [3.05, 3.63) is 28.4 Å². The van der Waals surface area contributed by atoms with Crippen LogP contribution in [0, 0.1) is 10.1 Å². The van der Waals surface area contributed by atoms with Gasteiger partial charge < -0.3 is 5.32 Å². The molecular formula is C12H17N3O2. The second kappa shape index (κ2) is 5.61. The van der Waals surface area contributed by atoms with E-state index in [1.807, 2.05) is 0 Å². The monoisotopic (exact) mass is 235 g/mol. The number of hydrogen-bond donors (Lipinski definition) is 1. The lowest BCUT2D eigenvalue weighted by Crippen LogP contribution is -2.19. The third kappa shape index (κ3) is 3.15. The number of nitrogens with zero attached hydrogens (tertiary/aromatic N) is 2. The molecule has 0 aromatic carbocycles. The van der Waals surface area contributed by atoms with Gasteiger partial charge in [-0.3, -0.25) is 10.1 Å². The fourth-order valence-corrected chi connectivity index (χ4v) is 2.27. The summed E-state index contributed by atoms with van der Waals surface area (Å²) in [5, 5.41) is 14.1. The molecule has 1 N–H and O–H groups in total. The predicted molar refractivity (Wildman–Crippen MR) is 66.0 cm³/mol. The van der Waals surface area contributed by atoms with Gasteiger partial charge in [-0.25, -0.2) is 4.98 Å². The molecule has 1 aromatic rings. The molecule has 92 valence electrons. The first-order chi connectivity index (χ1) is 8.27. The van der Waals surface area contributed by atoms with Gasteiger partial charge in [0, 0.05) is 18.3 Å². The van der Waals surface area contributed by atoms with E-state index in [4.69, 9.17) is 0 Å². The van der Waals surface area contributed by atoms with Gasteiger partial charge in [-0.1, -0.05) is 25.7 Å². The minimum atomic E-state index is -0.383. The number of hydrogen-bond acceptors (Lipinski definition) is 4. The molecule has 17 heavy (non-hydrogen) atoms. The van der Waals surface area contributed by atoms with Crippen LogP contribution in [0.15, 0.2) is 18.3 Å². The number of pyridine rings is 1. The quantitative estimate of drug-likeness (QED) is 0.496. The average molecular weight is 235 g/mol. The zero-order valence-electron chi connectivity index (χ0n) is 9.76. The van der Waals surface area contributed by atoms with E-state index in [2.05, 4.69) is 10.3 Å². The molecule has 1 saturated carbocycles. The minimum Gasteiger partial charge on any atom is -0.362 e. The van der Waals surface area contributed by atoms with Crippen molar-refractivity contribution in [3.8, 4) is 0 Å². The SMILES string of the molecule is O=[N+]([O-])c1cccnc1NC1CCCCCC1. The van der Waals surface area contributed by atoms with Crippen molar-refractivity contribution < 1.29 is 4.92 Å². The Hall–Kier alpha value is -1.65. The van der Waals surface area contributed by atoms with Crippen LogP contribution >= 0.6 is 0 Å². The molecule has 0 saturated heterocycles. The molecule has 0 unspecified atom stereocenters. The molecular weight excluding hydrogens is 218 g/mol. The van der Waals surface area contributed by atoms with Gasteiger partial charge in [-0.2, -0.15) is 0 Å². The van der Waals surface area contributed by atoms with Gasteiger partial charge in [-0.05, 0) is 18.9 Å². The average Bonchev–Trinajstić information content (AvgIpc) is 2.58. The van der Waals surface area contributed by atoms with Crippen LogP contribution in [0.25, 0.3) is 0 Å². The number of nitrogens with one attached hydrogen (secondary N) is 1. The highest BCUT2D eigenvalue weighted by Crippen LogP contribution is 2.25. The van der Waals surface area contributed by atoms with Crippen LogP contribution in [0.4, 0.5) is 11.5 Å². The summed E-state index contributed by atoms with van der Waals surface area (Å²) in [6.07, 6.45) is 8.66. The number of nitro groups is 1. The van der Waals surface area contributed by atoms with Crippen molar-refractivity contribution in [2.75, 3.05) is 5.32 Å². The fourth-order valence-electron chi connectivity index (χ4n) is 2.27. The summed E-state index contributed by atoms with van der Waals surface area (Å²) in [5.74, 6) is 0.407. The van der Waals surface area contributed by atoms with Crippen LogP contribution in [0.5, 0.6) is 0 Å². The summed E-state index contributed by atoms with van der Waals surface area (Å²) < 4.78 is 0. The van der Waals surface area contributed by atoms with Gasteiger partial charge in [0.2, 0.25) is 5.82 Å². The Balaban J connectivity index is 2.09. The third-order valence-electron chi connectivity index (χ3n) is 3.18. The standard InChI is InChI=1S/C12H17N3O2/c16-15(17)11-8-5-9-13-12(11)14-10-6-3-1-2-4-7-10/h5,8-10H,1-4,6-7H2,(H,13,14). The largest absolute Gasteiger partial charge is 0.362 e. The summed E-state index contributed by atoms with van der Waals surface area (Å²) in [5.41, 5.74) is 0.0664. The maximum Gasteiger partial charge on any atom is 0.311 e. The van der Waals surface area contributed by atoms with E-state index in [9.17, 15) is 10.1 Å². The van der Waals surface area contributed by atoms with Gasteiger partial charge in [0.25, 0.3) is 0 Å². The van der Waals surface area contributed by atoms with Gasteiger partial charge >= 0.3 is 5.69 Å². The molecule has 1 aliphatic carbocycles. The number of rotatable bonds is 3. The summed E-state index contributed by atoms with van der Waals surface area (Å²) in [6, 6.07) is 3.41. The molecule has 0 bridgehead atoms. The molecule has 5 nitrogen and oxygen atoms in total. The Morgan fingerprint density at radius 1 is 1.29 bits per heavy atom. The Labute approximate surface area is 100 Å². The Kier molecular flexibility index (Phi) is 3.90. The van der Waals surface area contributed by atoms with Crippen LogP contribution in [-0.4, -0.2) is 15.9 Å². The molecule has 2 rings (SSSR count). The van der Waals surface area contributed by atoms with E-state index in [0.717, 1.165) is 12.8 Å². The van der Waals surface area contributed by atoms with Crippen molar-refractivity contribution >= 4 is 11.5 Å². The molecule has 0 amide bonds. The molecule has 1 aromatic heterocycles. The second-order valence-electron chi connectivity index (χ2n) is 4.46. The Morgan fingerprint density at radius 2 is 2.00 bits per heavy atom. The highest BCUT2D eigenvalue weighted by Gasteiger charge is 2.18. The first-order valence-corrected chi connectivity index (χ1v) is 6.13. The topological polar surface area (TPSA) is 68.1 Å². The minimum absolute atomic E-state index is 0.0664. The summed E-state index contributed by atoms with van der Waals surface area (Å²) >= 11 is 0. The van der Waals surface area contributed by atoms with E-state index in [-0.39, 0.29) is 10.6 Å². The lowest BCUT2D eigenvalue weighted by Gasteiger charge is -2.16. The second-order valence-corrected chi connectivity index (χ2v) is 4.46. The van der Waals surface area contributed by atoms with Crippen molar-refractivity contribution in [2.45, 2.75) is 44.6 Å². The van der Waals surface area contributed by atoms with Crippen LogP contribution in [-0.2, 0) is 0 Å². The lowest BCUT2D eigenvalue weighted by atomic mass is 10.1. The zero-order valence-corrected chi connectivity index (χ0v) is 9.76. The molecule has 0 spiro atoms. The lowest BCUT2D eigenvalue weighted by molar-refractivity contribution is -0.384. The van der Waals surface area contributed by atoms with Crippen LogP contribution in [0.1, 0.15) is 38.5 Å². The first-order valence-electron chi connectivity index (χ1n) is 6.13. The van der Waals surface area contributed by atoms with Gasteiger partial charge in [0.1, 0.15) is 0 Å². The van der Waals surface area contributed by atoms with Crippen LogP contribution < -0.4 is 5.32 Å². The van der Waals surface area contributed by atoms with E-state index in [1.165, 1.54) is 31.7 Å². The van der Waals surface area contributed by atoms with E-state index >= 15 is 0 Å². The fraction of sp³-hybridized carbons (Fsp3) is 0.583. The van der Waals surface area contributed by atoms with E-state index in [1.54, 1.807) is 12.3 Å². The maximum absolute atomic E-state index is 10.9. The van der Waals surface area contributed by atoms with Gasteiger partial charge in [0.15, 0.2) is 0 Å². The van der Waals surface area contributed by atoms with Crippen LogP contribution in [0.3, 0.4) is 0 Å². The number of aromatic nitrogens is 1. The van der Waals surface area contributed by atoms with Crippen molar-refractivity contribution in [3.63, 3.8) is 0 Å². The van der Waals surface area contributed by atoms with Crippen molar-refractivity contribution in [1.82, 2.24) is 4.98 Å². The van der Waals surface area contributed by atoms with Gasteiger partial charge in [0.05, 0.1) is 4.92 Å². The Morgan fingerprint density at radius 3 is 2.65 bits per heavy atom. The van der Waals surface area contributed by atoms with E-state index in [0.29, 0.717) is 11.9 Å². The molecule has 1 aliphatic rings. The Bertz CT molecular complexity index is 387. The molecule has 0 aliphatic heterocycles. The molecule has 0 atom stereocenters.